The lowest BCUT2D eigenvalue weighted by atomic mass is 10.1. The van der Waals surface area contributed by atoms with Crippen molar-refractivity contribution in [1.82, 2.24) is 13.9 Å². The fraction of sp³-hybridized carbons (Fsp3) is 0.667. The molecule has 2 heterocycles. The summed E-state index contributed by atoms with van der Waals surface area (Å²) >= 11 is 0. The molecule has 0 atom stereocenters. The Kier molecular flexibility index (Phi) is 6.59. The van der Waals surface area contributed by atoms with Crippen molar-refractivity contribution < 1.29 is 8.42 Å². The fourth-order valence-electron chi connectivity index (χ4n) is 1.77. The molecule has 0 radical (unpaired) electrons. The Labute approximate surface area is 119 Å². The number of piperidine rings is 1. The van der Waals surface area contributed by atoms with Gasteiger partial charge in [-0.3, -0.25) is 0 Å². The van der Waals surface area contributed by atoms with E-state index in [0.29, 0.717) is 25.9 Å². The van der Waals surface area contributed by atoms with Crippen LogP contribution in [0.15, 0.2) is 17.6 Å². The molecule has 1 fully saturated rings. The zero-order valence-corrected chi connectivity index (χ0v) is 12.5. The second kappa shape index (κ2) is 6.72. The maximum absolute atomic E-state index is 12.1. The molecule has 0 saturated carbocycles. The van der Waals surface area contributed by atoms with Gasteiger partial charge in [0.1, 0.15) is 0 Å². The van der Waals surface area contributed by atoms with E-state index in [2.05, 4.69) is 4.98 Å². The van der Waals surface area contributed by atoms with E-state index in [1.165, 1.54) is 16.8 Å². The summed E-state index contributed by atoms with van der Waals surface area (Å²) in [6.45, 7) is 0.972. The summed E-state index contributed by atoms with van der Waals surface area (Å²) in [4.78, 5) is 3.88. The van der Waals surface area contributed by atoms with Gasteiger partial charge in [-0.2, -0.15) is 4.31 Å². The highest BCUT2D eigenvalue weighted by Gasteiger charge is 2.29. The molecule has 0 bridgehead atoms. The molecule has 2 N–H and O–H groups in total. The number of aryl methyl sites for hydroxylation is 1. The quantitative estimate of drug-likeness (QED) is 0.855. The molecule has 0 spiro atoms. The Morgan fingerprint density at radius 1 is 1.33 bits per heavy atom. The zero-order chi connectivity index (χ0) is 11.8. The minimum Gasteiger partial charge on any atom is -0.339 e. The predicted octanol–water partition coefficient (Wildman–Crippen LogP) is 0.375. The molecule has 1 saturated heterocycles. The highest BCUT2D eigenvalue weighted by Crippen LogP contribution is 2.18. The molecule has 1 aromatic rings. The summed E-state index contributed by atoms with van der Waals surface area (Å²) in [5, 5.41) is 0.116. The Hall–Kier alpha value is -0.340. The van der Waals surface area contributed by atoms with E-state index in [1.54, 1.807) is 11.6 Å². The van der Waals surface area contributed by atoms with Crippen LogP contribution in [-0.4, -0.2) is 41.4 Å². The van der Waals surface area contributed by atoms with Crippen LogP contribution in [0, 0.1) is 0 Å². The van der Waals surface area contributed by atoms with Crippen LogP contribution in [-0.2, 0) is 17.1 Å². The van der Waals surface area contributed by atoms with Gasteiger partial charge in [-0.15, -0.1) is 24.8 Å². The van der Waals surface area contributed by atoms with Crippen molar-refractivity contribution in [1.29, 1.82) is 0 Å². The SMILES string of the molecule is Cl.Cl.Cn1cnc(S(=O)(=O)N2CCC(N)CC2)c1. The third-order valence-electron chi connectivity index (χ3n) is 2.78. The Morgan fingerprint density at radius 2 is 1.89 bits per heavy atom. The van der Waals surface area contributed by atoms with E-state index in [0.717, 1.165) is 0 Å². The summed E-state index contributed by atoms with van der Waals surface area (Å²) in [5.41, 5.74) is 5.74. The number of imidazole rings is 1. The number of sulfonamides is 1. The van der Waals surface area contributed by atoms with Crippen molar-refractivity contribution in [3.63, 3.8) is 0 Å². The van der Waals surface area contributed by atoms with Crippen LogP contribution in [0.1, 0.15) is 12.8 Å². The first-order chi connectivity index (χ1) is 7.50. The average molecular weight is 317 g/mol. The number of halogens is 2. The van der Waals surface area contributed by atoms with Gasteiger partial charge in [0.2, 0.25) is 0 Å². The molecular formula is C9H18Cl2N4O2S. The van der Waals surface area contributed by atoms with Gasteiger partial charge in [-0.1, -0.05) is 0 Å². The first-order valence-electron chi connectivity index (χ1n) is 5.24. The number of aromatic nitrogens is 2. The highest BCUT2D eigenvalue weighted by atomic mass is 35.5. The fourth-order valence-corrected chi connectivity index (χ4v) is 3.21. The van der Waals surface area contributed by atoms with Crippen LogP contribution >= 0.6 is 24.8 Å². The van der Waals surface area contributed by atoms with Gasteiger partial charge in [-0.05, 0) is 12.8 Å². The lowest BCUT2D eigenvalue weighted by Gasteiger charge is -2.28. The standard InChI is InChI=1S/C9H16N4O2S.2ClH/c1-12-6-9(11-7-12)16(14,15)13-4-2-8(10)3-5-13;;/h6-8H,2-5,10H2,1H3;2*1H. The molecule has 1 aliphatic rings. The van der Waals surface area contributed by atoms with E-state index >= 15 is 0 Å². The molecule has 18 heavy (non-hydrogen) atoms. The van der Waals surface area contributed by atoms with Gasteiger partial charge in [0.15, 0.2) is 5.03 Å². The third-order valence-corrected chi connectivity index (χ3v) is 4.57. The molecule has 1 aromatic heterocycles. The van der Waals surface area contributed by atoms with Crippen molar-refractivity contribution in [2.24, 2.45) is 12.8 Å². The summed E-state index contributed by atoms with van der Waals surface area (Å²) in [6.07, 6.45) is 4.44. The summed E-state index contributed by atoms with van der Waals surface area (Å²) in [7, 11) is -1.67. The predicted molar refractivity (Wildman–Crippen MR) is 73.7 cm³/mol. The van der Waals surface area contributed by atoms with Crippen molar-refractivity contribution >= 4 is 34.8 Å². The van der Waals surface area contributed by atoms with E-state index in [4.69, 9.17) is 5.73 Å². The first kappa shape index (κ1) is 17.7. The molecular weight excluding hydrogens is 299 g/mol. The summed E-state index contributed by atoms with van der Waals surface area (Å²) in [6, 6.07) is 0.121. The summed E-state index contributed by atoms with van der Waals surface area (Å²) < 4.78 is 27.3. The maximum Gasteiger partial charge on any atom is 0.262 e. The van der Waals surface area contributed by atoms with Crippen LogP contribution in [0.2, 0.25) is 0 Å². The normalized spacial score (nSPS) is 17.9. The largest absolute Gasteiger partial charge is 0.339 e. The van der Waals surface area contributed by atoms with Crippen LogP contribution in [0.3, 0.4) is 0 Å². The van der Waals surface area contributed by atoms with Gasteiger partial charge in [0.05, 0.1) is 6.33 Å². The molecule has 1 aliphatic heterocycles. The molecule has 2 rings (SSSR count). The monoisotopic (exact) mass is 316 g/mol. The van der Waals surface area contributed by atoms with Gasteiger partial charge in [0, 0.05) is 32.4 Å². The topological polar surface area (TPSA) is 81.2 Å². The molecule has 0 unspecified atom stereocenters. The third kappa shape index (κ3) is 3.58. The van der Waals surface area contributed by atoms with Crippen LogP contribution < -0.4 is 5.73 Å². The molecule has 106 valence electrons. The number of hydrogen-bond donors (Lipinski definition) is 1. The van der Waals surface area contributed by atoms with Crippen LogP contribution in [0.4, 0.5) is 0 Å². The van der Waals surface area contributed by atoms with Gasteiger partial charge >= 0.3 is 0 Å². The lowest BCUT2D eigenvalue weighted by molar-refractivity contribution is 0.319. The number of hydrogen-bond acceptors (Lipinski definition) is 4. The molecule has 0 aromatic carbocycles. The van der Waals surface area contributed by atoms with E-state index in [1.807, 2.05) is 0 Å². The van der Waals surface area contributed by atoms with Gasteiger partial charge < -0.3 is 10.3 Å². The second-order valence-electron chi connectivity index (χ2n) is 4.12. The van der Waals surface area contributed by atoms with Crippen molar-refractivity contribution in [2.75, 3.05) is 13.1 Å². The van der Waals surface area contributed by atoms with Crippen molar-refractivity contribution in [3.05, 3.63) is 12.5 Å². The Morgan fingerprint density at radius 3 is 2.33 bits per heavy atom. The van der Waals surface area contributed by atoms with Crippen LogP contribution in [0.5, 0.6) is 0 Å². The molecule has 9 heteroatoms. The Bertz CT molecular complexity index is 469. The average Bonchev–Trinajstić information content (AvgIpc) is 2.66. The molecule has 6 nitrogen and oxygen atoms in total. The highest BCUT2D eigenvalue weighted by molar-refractivity contribution is 7.89. The van der Waals surface area contributed by atoms with Gasteiger partial charge in [-0.25, -0.2) is 13.4 Å². The number of rotatable bonds is 2. The smallest absolute Gasteiger partial charge is 0.262 e. The van der Waals surface area contributed by atoms with E-state index in [-0.39, 0.29) is 35.9 Å². The van der Waals surface area contributed by atoms with Crippen molar-refractivity contribution in [3.8, 4) is 0 Å². The van der Waals surface area contributed by atoms with Crippen LogP contribution in [0.25, 0.3) is 0 Å². The molecule has 0 amide bonds. The Balaban J connectivity index is 0.00000144. The maximum atomic E-state index is 12.1. The number of nitrogens with two attached hydrogens (primary N) is 1. The van der Waals surface area contributed by atoms with E-state index in [9.17, 15) is 8.42 Å². The minimum absolute atomic E-state index is 0. The first-order valence-corrected chi connectivity index (χ1v) is 6.68. The zero-order valence-electron chi connectivity index (χ0n) is 10.0. The van der Waals surface area contributed by atoms with E-state index < -0.39 is 10.0 Å². The number of nitrogens with zero attached hydrogens (tertiary/aromatic N) is 3. The molecule has 0 aliphatic carbocycles. The summed E-state index contributed by atoms with van der Waals surface area (Å²) in [5.74, 6) is 0. The van der Waals surface area contributed by atoms with Gasteiger partial charge in [0.25, 0.3) is 10.0 Å². The lowest BCUT2D eigenvalue weighted by Crippen LogP contribution is -2.42. The van der Waals surface area contributed by atoms with Crippen molar-refractivity contribution in [2.45, 2.75) is 23.9 Å². The second-order valence-corrected chi connectivity index (χ2v) is 6.00. The minimum atomic E-state index is -3.42.